The van der Waals surface area contributed by atoms with Crippen LogP contribution in [0, 0.1) is 20.2 Å². The second-order valence-electron chi connectivity index (χ2n) is 9.55. The highest BCUT2D eigenvalue weighted by atomic mass is 79.9. The Kier molecular flexibility index (Phi) is 9.84. The van der Waals surface area contributed by atoms with Crippen LogP contribution < -0.4 is 9.47 Å². The third-order valence-electron chi connectivity index (χ3n) is 6.46. The number of hydrogen-bond acceptors (Lipinski definition) is 8. The highest BCUT2D eigenvalue weighted by Crippen LogP contribution is 2.44. The smallest absolute Gasteiger partial charge is 0.343 e. The fraction of sp³-hybridized carbons (Fsp3) is 0.103. The van der Waals surface area contributed by atoms with E-state index in [9.17, 15) is 29.8 Å². The van der Waals surface area contributed by atoms with Crippen molar-refractivity contribution >= 4 is 87.0 Å². The first-order valence-corrected chi connectivity index (χ1v) is 15.3. The predicted molar refractivity (Wildman–Crippen MR) is 172 cm³/mol. The van der Waals surface area contributed by atoms with E-state index in [0.29, 0.717) is 17.9 Å². The van der Waals surface area contributed by atoms with E-state index < -0.39 is 27.2 Å². The van der Waals surface area contributed by atoms with Crippen molar-refractivity contribution in [2.24, 2.45) is 0 Å². The van der Waals surface area contributed by atoms with Crippen LogP contribution in [-0.4, -0.2) is 21.8 Å². The second kappa shape index (κ2) is 13.0. The molecule has 0 N–H and O–H groups in total. The Bertz CT molecular complexity index is 1600. The van der Waals surface area contributed by atoms with Gasteiger partial charge in [0.1, 0.15) is 0 Å². The van der Waals surface area contributed by atoms with Gasteiger partial charge in [-0.25, -0.2) is 9.59 Å². The van der Waals surface area contributed by atoms with Crippen molar-refractivity contribution in [1.29, 1.82) is 0 Å². The lowest BCUT2D eigenvalue weighted by atomic mass is 9.78. The Morgan fingerprint density at radius 1 is 0.605 bits per heavy atom. The molecule has 0 aromatic heterocycles. The summed E-state index contributed by atoms with van der Waals surface area (Å²) in [5.41, 5.74) is 1.11. The quantitative estimate of drug-likeness (QED) is 0.0741. The van der Waals surface area contributed by atoms with Crippen LogP contribution in [-0.2, 0) is 5.41 Å². The number of benzene rings is 4. The van der Waals surface area contributed by atoms with Gasteiger partial charge < -0.3 is 9.47 Å². The summed E-state index contributed by atoms with van der Waals surface area (Å²) in [6, 6.07) is 17.4. The molecule has 220 valence electrons. The monoisotopic (exact) mass is 838 g/mol. The normalized spacial score (nSPS) is 11.1. The molecular weight excluding hydrogens is 824 g/mol. The minimum absolute atomic E-state index is 0.139. The molecule has 0 saturated carbocycles. The number of halogens is 4. The summed E-state index contributed by atoms with van der Waals surface area (Å²) in [4.78, 5) is 46.1. The SMILES string of the molecule is CC(C)(c1cc(Br)c(OC(=O)c2ccc([N+](=O)[O-])cc2)c(Br)c1)c1cc(Br)c(OC(=O)c2ccc([N+](=O)[O-])cc2)c(Br)c1. The number of nitro groups is 2. The fourth-order valence-corrected chi connectivity index (χ4v) is 6.64. The molecule has 10 nitrogen and oxygen atoms in total. The third kappa shape index (κ3) is 7.20. The Morgan fingerprint density at radius 2 is 0.884 bits per heavy atom. The van der Waals surface area contributed by atoms with E-state index in [-0.39, 0.29) is 34.0 Å². The maximum absolute atomic E-state index is 12.7. The minimum atomic E-state index is -0.685. The molecular formula is C29H18Br4N2O8. The Labute approximate surface area is 278 Å². The lowest BCUT2D eigenvalue weighted by molar-refractivity contribution is -0.385. The van der Waals surface area contributed by atoms with Crippen molar-refractivity contribution in [2.45, 2.75) is 19.3 Å². The first-order chi connectivity index (χ1) is 20.2. The van der Waals surface area contributed by atoms with Crippen LogP contribution in [0.5, 0.6) is 11.5 Å². The molecule has 0 atom stereocenters. The average molecular weight is 842 g/mol. The van der Waals surface area contributed by atoms with Gasteiger partial charge in [0.25, 0.3) is 11.4 Å². The van der Waals surface area contributed by atoms with E-state index in [1.807, 2.05) is 38.1 Å². The molecule has 0 radical (unpaired) electrons. The van der Waals surface area contributed by atoms with Gasteiger partial charge in [0.15, 0.2) is 11.5 Å². The molecule has 14 heteroatoms. The first kappa shape index (κ1) is 32.5. The molecule has 4 aromatic rings. The van der Waals surface area contributed by atoms with Crippen LogP contribution >= 0.6 is 63.7 Å². The third-order valence-corrected chi connectivity index (χ3v) is 8.81. The number of ether oxygens (including phenoxy) is 2. The zero-order valence-corrected chi connectivity index (χ0v) is 28.4. The number of carbonyl (C=O) groups excluding carboxylic acids is 2. The van der Waals surface area contributed by atoms with Crippen molar-refractivity contribution in [3.8, 4) is 11.5 Å². The maximum Gasteiger partial charge on any atom is 0.343 e. The van der Waals surface area contributed by atoms with E-state index in [0.717, 1.165) is 11.1 Å². The molecule has 0 aliphatic carbocycles. The van der Waals surface area contributed by atoms with Gasteiger partial charge in [-0.05, 0) is 123 Å². The van der Waals surface area contributed by atoms with Crippen molar-refractivity contribution in [3.63, 3.8) is 0 Å². The molecule has 0 heterocycles. The largest absolute Gasteiger partial charge is 0.421 e. The van der Waals surface area contributed by atoms with Crippen molar-refractivity contribution in [2.75, 3.05) is 0 Å². The molecule has 0 spiro atoms. The van der Waals surface area contributed by atoms with Crippen LogP contribution in [0.1, 0.15) is 45.7 Å². The molecule has 0 saturated heterocycles. The molecule has 4 aromatic carbocycles. The fourth-order valence-electron chi connectivity index (χ4n) is 3.94. The van der Waals surface area contributed by atoms with Gasteiger partial charge in [0.05, 0.1) is 38.9 Å². The topological polar surface area (TPSA) is 139 Å². The summed E-state index contributed by atoms with van der Waals surface area (Å²) < 4.78 is 13.1. The second-order valence-corrected chi connectivity index (χ2v) is 13.0. The Hall–Kier alpha value is -3.46. The van der Waals surface area contributed by atoms with Crippen molar-refractivity contribution in [1.82, 2.24) is 0 Å². The highest BCUT2D eigenvalue weighted by Gasteiger charge is 2.28. The van der Waals surface area contributed by atoms with Gasteiger partial charge in [0.2, 0.25) is 0 Å². The molecule has 43 heavy (non-hydrogen) atoms. The van der Waals surface area contributed by atoms with E-state index in [4.69, 9.17) is 9.47 Å². The summed E-state index contributed by atoms with van der Waals surface area (Å²) in [5.74, 6) is -0.900. The van der Waals surface area contributed by atoms with Gasteiger partial charge in [0, 0.05) is 29.7 Å². The summed E-state index contributed by atoms with van der Waals surface area (Å²) >= 11 is 13.9. The van der Waals surface area contributed by atoms with Crippen LogP contribution in [0.15, 0.2) is 90.7 Å². The van der Waals surface area contributed by atoms with Crippen LogP contribution in [0.4, 0.5) is 11.4 Å². The van der Waals surface area contributed by atoms with Gasteiger partial charge in [-0.15, -0.1) is 0 Å². The summed E-state index contributed by atoms with van der Waals surface area (Å²) in [6.07, 6.45) is 0. The van der Waals surface area contributed by atoms with E-state index in [1.54, 1.807) is 0 Å². The Balaban J connectivity index is 1.56. The van der Waals surface area contributed by atoms with Gasteiger partial charge in [-0.3, -0.25) is 20.2 Å². The Morgan fingerprint density at radius 3 is 1.14 bits per heavy atom. The number of rotatable bonds is 8. The van der Waals surface area contributed by atoms with Crippen LogP contribution in [0.3, 0.4) is 0 Å². The number of non-ortho nitro benzene ring substituents is 2. The van der Waals surface area contributed by atoms with E-state index in [1.165, 1.54) is 48.5 Å². The summed E-state index contributed by atoms with van der Waals surface area (Å²) in [7, 11) is 0. The molecule has 0 aliphatic heterocycles. The van der Waals surface area contributed by atoms with E-state index >= 15 is 0 Å². The molecule has 0 bridgehead atoms. The molecule has 0 amide bonds. The van der Waals surface area contributed by atoms with E-state index in [2.05, 4.69) is 63.7 Å². The average Bonchev–Trinajstić information content (AvgIpc) is 2.96. The summed E-state index contributed by atoms with van der Waals surface area (Å²) in [5, 5.41) is 21.8. The first-order valence-electron chi connectivity index (χ1n) is 12.1. The van der Waals surface area contributed by atoms with Crippen molar-refractivity contribution < 1.29 is 28.9 Å². The van der Waals surface area contributed by atoms with Gasteiger partial charge in [-0.1, -0.05) is 13.8 Å². The maximum atomic E-state index is 12.7. The summed E-state index contributed by atoms with van der Waals surface area (Å²) in [6.45, 7) is 3.97. The van der Waals surface area contributed by atoms with Crippen molar-refractivity contribution in [3.05, 3.63) is 133 Å². The minimum Gasteiger partial charge on any atom is -0.421 e. The molecule has 0 unspecified atom stereocenters. The predicted octanol–water partition coefficient (Wildman–Crippen LogP) is 9.32. The standard InChI is InChI=1S/C29H18Br4N2O8/c1-29(2,17-11-21(30)25(22(31)12-17)42-27(36)15-3-7-19(8-4-15)34(38)39)18-13-23(32)26(24(33)14-18)43-28(37)16-5-9-20(10-6-16)35(40)41/h3-14H,1-2H3. The number of esters is 2. The zero-order valence-electron chi connectivity index (χ0n) is 22.1. The molecule has 4 rings (SSSR count). The number of carbonyl (C=O) groups is 2. The van der Waals surface area contributed by atoms with Gasteiger partial charge >= 0.3 is 11.9 Å². The number of nitro benzene ring substituents is 2. The number of hydrogen-bond donors (Lipinski definition) is 0. The van der Waals surface area contributed by atoms with Crippen LogP contribution in [0.25, 0.3) is 0 Å². The number of nitrogens with zero attached hydrogens (tertiary/aromatic N) is 2. The van der Waals surface area contributed by atoms with Crippen LogP contribution in [0.2, 0.25) is 0 Å². The zero-order chi connectivity index (χ0) is 31.6. The highest BCUT2D eigenvalue weighted by molar-refractivity contribution is 9.11. The van der Waals surface area contributed by atoms with Gasteiger partial charge in [-0.2, -0.15) is 0 Å². The molecule has 0 aliphatic rings. The lowest BCUT2D eigenvalue weighted by Gasteiger charge is -2.28. The lowest BCUT2D eigenvalue weighted by Crippen LogP contribution is -2.20. The molecule has 0 fully saturated rings.